The van der Waals surface area contributed by atoms with Gasteiger partial charge in [-0.3, -0.25) is 0 Å². The average Bonchev–Trinajstić information content (AvgIpc) is 2.82. The lowest BCUT2D eigenvalue weighted by Gasteiger charge is -2.27. The molecule has 11 heteroatoms. The highest BCUT2D eigenvalue weighted by molar-refractivity contribution is 7.93. The maximum Gasteiger partial charge on any atom is 0.244 e. The third kappa shape index (κ3) is 6.32. The molecule has 0 aromatic heterocycles. The Morgan fingerprint density at radius 1 is 1.06 bits per heavy atom. The Hall–Kier alpha value is -2.76. The lowest BCUT2D eigenvalue weighted by Crippen LogP contribution is -2.36. The molecule has 0 fully saturated rings. The van der Waals surface area contributed by atoms with Gasteiger partial charge in [0.05, 0.1) is 16.2 Å². The standard InChI is InChI=1S/C25H29F2N3O4S2/c1-4-30(36(33,34)24-14-6-5-13-23(24)35(3,31)32)17-19-10-7-9-18(15-19)16-22(29-28-2)25-20(26)11-8-12-21(25)27/h5-6,8,11-16,19H,4,7,9-10,17H2,1-3H3/b22-16-,29-28?. The van der Waals surface area contributed by atoms with Crippen LogP contribution in [0.25, 0.3) is 5.70 Å². The molecule has 1 unspecified atom stereocenters. The molecule has 3 rings (SSSR count). The first-order valence-corrected chi connectivity index (χ1v) is 14.8. The minimum absolute atomic E-state index is 0.0436. The fraction of sp³-hybridized carbons (Fsp3) is 0.360. The largest absolute Gasteiger partial charge is 0.244 e. The van der Waals surface area contributed by atoms with E-state index in [0.29, 0.717) is 12.8 Å². The van der Waals surface area contributed by atoms with Crippen LogP contribution in [-0.4, -0.2) is 47.5 Å². The number of sulfonamides is 1. The van der Waals surface area contributed by atoms with Gasteiger partial charge in [0.1, 0.15) is 16.5 Å². The molecule has 0 saturated heterocycles. The van der Waals surface area contributed by atoms with Gasteiger partial charge in [0, 0.05) is 26.4 Å². The zero-order valence-corrected chi connectivity index (χ0v) is 22.0. The van der Waals surface area contributed by atoms with E-state index in [1.165, 1.54) is 41.7 Å². The number of benzene rings is 2. The second-order valence-corrected chi connectivity index (χ2v) is 12.4. The summed E-state index contributed by atoms with van der Waals surface area (Å²) in [6.45, 7) is 1.97. The maximum absolute atomic E-state index is 14.4. The third-order valence-electron chi connectivity index (χ3n) is 5.90. The van der Waals surface area contributed by atoms with Crippen molar-refractivity contribution in [1.82, 2.24) is 4.31 Å². The SMILES string of the molecule is CCN(CC1C=C(/C=C(\N=NC)c2c(F)cccc2F)CCC1)S(=O)(=O)c1ccccc1S(C)(=O)=O. The van der Waals surface area contributed by atoms with Gasteiger partial charge in [-0.25, -0.2) is 25.6 Å². The Morgan fingerprint density at radius 3 is 2.28 bits per heavy atom. The zero-order chi connectivity index (χ0) is 26.5. The first-order chi connectivity index (χ1) is 17.0. The van der Waals surface area contributed by atoms with E-state index in [0.717, 1.165) is 30.4 Å². The van der Waals surface area contributed by atoms with Gasteiger partial charge in [0.25, 0.3) is 0 Å². The quantitative estimate of drug-likeness (QED) is 0.409. The van der Waals surface area contributed by atoms with Crippen molar-refractivity contribution in [1.29, 1.82) is 0 Å². The van der Waals surface area contributed by atoms with Crippen molar-refractivity contribution in [2.45, 2.75) is 36.0 Å². The van der Waals surface area contributed by atoms with Gasteiger partial charge >= 0.3 is 0 Å². The van der Waals surface area contributed by atoms with Gasteiger partial charge in [0.2, 0.25) is 10.0 Å². The number of halogens is 2. The molecule has 1 aliphatic rings. The van der Waals surface area contributed by atoms with Crippen LogP contribution in [0.3, 0.4) is 0 Å². The van der Waals surface area contributed by atoms with Crippen molar-refractivity contribution in [3.63, 3.8) is 0 Å². The summed E-state index contributed by atoms with van der Waals surface area (Å²) >= 11 is 0. The van der Waals surface area contributed by atoms with Gasteiger partial charge in [-0.05, 0) is 61.1 Å². The summed E-state index contributed by atoms with van der Waals surface area (Å²) in [5, 5.41) is 7.62. The van der Waals surface area contributed by atoms with Crippen molar-refractivity contribution in [3.8, 4) is 0 Å². The number of hydrogen-bond donors (Lipinski definition) is 0. The van der Waals surface area contributed by atoms with E-state index < -0.39 is 31.5 Å². The van der Waals surface area contributed by atoms with E-state index in [-0.39, 0.29) is 40.1 Å². The van der Waals surface area contributed by atoms with E-state index in [2.05, 4.69) is 10.2 Å². The van der Waals surface area contributed by atoms with Crippen LogP contribution in [0, 0.1) is 17.6 Å². The van der Waals surface area contributed by atoms with Gasteiger partial charge in [-0.15, -0.1) is 0 Å². The normalized spacial score (nSPS) is 17.6. The molecule has 0 radical (unpaired) electrons. The summed E-state index contributed by atoms with van der Waals surface area (Å²) in [7, 11) is -6.44. The van der Waals surface area contributed by atoms with Gasteiger partial charge in [-0.1, -0.05) is 31.2 Å². The number of azo groups is 1. The molecule has 7 nitrogen and oxygen atoms in total. The first kappa shape index (κ1) is 27.8. The highest BCUT2D eigenvalue weighted by Gasteiger charge is 2.30. The second kappa shape index (κ2) is 11.5. The van der Waals surface area contributed by atoms with Gasteiger partial charge < -0.3 is 0 Å². The highest BCUT2D eigenvalue weighted by atomic mass is 32.2. The summed E-state index contributed by atoms with van der Waals surface area (Å²) in [4.78, 5) is -0.498. The molecule has 2 aromatic carbocycles. The van der Waals surface area contributed by atoms with E-state index in [4.69, 9.17) is 0 Å². The summed E-state index contributed by atoms with van der Waals surface area (Å²) < 4.78 is 81.2. The topological polar surface area (TPSA) is 96.2 Å². The van der Waals surface area contributed by atoms with Crippen LogP contribution in [0.15, 0.2) is 80.2 Å². The van der Waals surface area contributed by atoms with Crippen LogP contribution < -0.4 is 0 Å². The molecule has 36 heavy (non-hydrogen) atoms. The van der Waals surface area contributed by atoms with Gasteiger partial charge in [-0.2, -0.15) is 14.5 Å². The van der Waals surface area contributed by atoms with Crippen LogP contribution >= 0.6 is 0 Å². The first-order valence-electron chi connectivity index (χ1n) is 11.4. The molecule has 0 spiro atoms. The molecule has 1 atom stereocenters. The Bertz CT molecular complexity index is 1400. The highest BCUT2D eigenvalue weighted by Crippen LogP contribution is 2.31. The second-order valence-electron chi connectivity index (χ2n) is 8.49. The fourth-order valence-corrected chi connectivity index (χ4v) is 7.35. The Balaban J connectivity index is 1.95. The lowest BCUT2D eigenvalue weighted by atomic mass is 9.89. The molecule has 0 amide bonds. The Morgan fingerprint density at radius 2 is 1.69 bits per heavy atom. The van der Waals surface area contributed by atoms with Crippen molar-refractivity contribution < 1.29 is 25.6 Å². The van der Waals surface area contributed by atoms with Crippen molar-refractivity contribution in [2.24, 2.45) is 16.1 Å². The van der Waals surface area contributed by atoms with Crippen LogP contribution in [-0.2, 0) is 19.9 Å². The molecule has 0 bridgehead atoms. The van der Waals surface area contributed by atoms with E-state index in [9.17, 15) is 25.6 Å². The van der Waals surface area contributed by atoms with E-state index in [1.807, 2.05) is 6.08 Å². The van der Waals surface area contributed by atoms with Crippen LogP contribution in [0.5, 0.6) is 0 Å². The third-order valence-corrected chi connectivity index (χ3v) is 9.18. The molecular weight excluding hydrogens is 508 g/mol. The minimum Gasteiger partial charge on any atom is -0.224 e. The fourth-order valence-electron chi connectivity index (χ4n) is 4.25. The monoisotopic (exact) mass is 537 g/mol. The van der Waals surface area contributed by atoms with Crippen LogP contribution in [0.4, 0.5) is 8.78 Å². The number of sulfone groups is 1. The zero-order valence-electron chi connectivity index (χ0n) is 20.4. The molecule has 194 valence electrons. The molecule has 0 N–H and O–H groups in total. The smallest absolute Gasteiger partial charge is 0.224 e. The minimum atomic E-state index is -4.09. The summed E-state index contributed by atoms with van der Waals surface area (Å²) in [5.41, 5.74) is 0.532. The Kier molecular flexibility index (Phi) is 8.91. The number of rotatable bonds is 9. The molecular formula is C25H29F2N3O4S2. The predicted molar refractivity (Wildman–Crippen MR) is 135 cm³/mol. The van der Waals surface area contributed by atoms with E-state index in [1.54, 1.807) is 13.0 Å². The van der Waals surface area contributed by atoms with Crippen molar-refractivity contribution in [3.05, 3.63) is 77.4 Å². The summed E-state index contributed by atoms with van der Waals surface area (Å²) in [6.07, 6.45) is 6.50. The number of hydrogen-bond acceptors (Lipinski definition) is 6. The summed E-state index contributed by atoms with van der Waals surface area (Å²) in [5.74, 6) is -1.70. The Labute approximate surface area is 211 Å². The molecule has 2 aromatic rings. The number of allylic oxidation sites excluding steroid dienone is 2. The maximum atomic E-state index is 14.4. The average molecular weight is 538 g/mol. The molecule has 1 aliphatic carbocycles. The van der Waals surface area contributed by atoms with Crippen LogP contribution in [0.2, 0.25) is 0 Å². The summed E-state index contributed by atoms with van der Waals surface area (Å²) in [6, 6.07) is 9.12. The molecule has 0 saturated carbocycles. The van der Waals surface area contributed by atoms with Crippen molar-refractivity contribution >= 4 is 25.6 Å². The van der Waals surface area contributed by atoms with Crippen LogP contribution in [0.1, 0.15) is 31.7 Å². The molecule has 0 aliphatic heterocycles. The predicted octanol–water partition coefficient (Wildman–Crippen LogP) is 5.23. The number of nitrogens with zero attached hydrogens (tertiary/aromatic N) is 3. The van der Waals surface area contributed by atoms with Crippen molar-refractivity contribution in [2.75, 3.05) is 26.4 Å². The van der Waals surface area contributed by atoms with Gasteiger partial charge in [0.15, 0.2) is 9.84 Å². The lowest BCUT2D eigenvalue weighted by molar-refractivity contribution is 0.363. The van der Waals surface area contributed by atoms with E-state index >= 15 is 0 Å². The molecule has 0 heterocycles.